The van der Waals surface area contributed by atoms with E-state index >= 15 is 0 Å². The summed E-state index contributed by atoms with van der Waals surface area (Å²) < 4.78 is 0. The zero-order valence-corrected chi connectivity index (χ0v) is 6.96. The van der Waals surface area contributed by atoms with Crippen LogP contribution in [-0.2, 0) is 0 Å². The summed E-state index contributed by atoms with van der Waals surface area (Å²) in [7, 11) is 0. The lowest BCUT2D eigenvalue weighted by molar-refractivity contribution is 0.666. The monoisotopic (exact) mass is 140 g/mol. The zero-order chi connectivity index (χ0) is 7.98. The molecule has 0 rings (SSSR count). The SMILES string of the molecule is CC(/C=C\N)=NCC(C)C. The highest BCUT2D eigenvalue weighted by Crippen LogP contribution is 1.92. The van der Waals surface area contributed by atoms with Gasteiger partial charge >= 0.3 is 0 Å². The highest BCUT2D eigenvalue weighted by atomic mass is 14.7. The minimum Gasteiger partial charge on any atom is -0.405 e. The number of hydrogen-bond donors (Lipinski definition) is 1. The van der Waals surface area contributed by atoms with Crippen LogP contribution in [0, 0.1) is 5.92 Å². The van der Waals surface area contributed by atoms with E-state index in [4.69, 9.17) is 5.73 Å². The summed E-state index contributed by atoms with van der Waals surface area (Å²) in [6.07, 6.45) is 3.32. The second kappa shape index (κ2) is 5.03. The predicted octanol–water partition coefficient (Wildman–Crippen LogP) is 1.58. The number of nitrogens with two attached hydrogens (primary N) is 1. The molecule has 0 fully saturated rings. The molecule has 0 aliphatic rings. The second-order valence-electron chi connectivity index (χ2n) is 2.74. The Hall–Kier alpha value is -0.790. The Morgan fingerprint density at radius 1 is 1.60 bits per heavy atom. The third-order valence-electron chi connectivity index (χ3n) is 1.04. The van der Waals surface area contributed by atoms with Gasteiger partial charge in [0.05, 0.1) is 0 Å². The Labute approximate surface area is 62.8 Å². The van der Waals surface area contributed by atoms with Crippen LogP contribution < -0.4 is 5.73 Å². The van der Waals surface area contributed by atoms with Gasteiger partial charge in [0.15, 0.2) is 0 Å². The van der Waals surface area contributed by atoms with Gasteiger partial charge in [0.2, 0.25) is 0 Å². The fourth-order valence-electron chi connectivity index (χ4n) is 0.519. The van der Waals surface area contributed by atoms with E-state index in [9.17, 15) is 0 Å². The van der Waals surface area contributed by atoms with E-state index in [0.29, 0.717) is 5.92 Å². The van der Waals surface area contributed by atoms with Crippen molar-refractivity contribution in [1.29, 1.82) is 0 Å². The van der Waals surface area contributed by atoms with E-state index in [2.05, 4.69) is 18.8 Å². The Morgan fingerprint density at radius 2 is 2.20 bits per heavy atom. The first-order valence-corrected chi connectivity index (χ1v) is 3.56. The lowest BCUT2D eigenvalue weighted by Crippen LogP contribution is -1.96. The number of aliphatic imine (C=N–C) groups is 1. The van der Waals surface area contributed by atoms with E-state index in [1.54, 1.807) is 0 Å². The molecule has 0 aromatic heterocycles. The molecule has 0 saturated carbocycles. The van der Waals surface area contributed by atoms with Gasteiger partial charge in [-0.2, -0.15) is 0 Å². The normalized spacial score (nSPS) is 13.4. The molecule has 0 aromatic carbocycles. The van der Waals surface area contributed by atoms with Gasteiger partial charge in [-0.3, -0.25) is 4.99 Å². The van der Waals surface area contributed by atoms with Crippen LogP contribution in [0.1, 0.15) is 20.8 Å². The summed E-state index contributed by atoms with van der Waals surface area (Å²) in [6.45, 7) is 7.12. The molecule has 0 aliphatic carbocycles. The van der Waals surface area contributed by atoms with Gasteiger partial charge < -0.3 is 5.73 Å². The van der Waals surface area contributed by atoms with Crippen LogP contribution in [0.2, 0.25) is 0 Å². The Balaban J connectivity index is 3.68. The average Bonchev–Trinajstić information content (AvgIpc) is 1.85. The minimum absolute atomic E-state index is 0.626. The van der Waals surface area contributed by atoms with Crippen LogP contribution in [0.5, 0.6) is 0 Å². The molecule has 58 valence electrons. The van der Waals surface area contributed by atoms with E-state index < -0.39 is 0 Å². The van der Waals surface area contributed by atoms with E-state index in [1.165, 1.54) is 6.20 Å². The molecule has 0 heterocycles. The summed E-state index contributed by atoms with van der Waals surface area (Å²) in [5.74, 6) is 0.626. The largest absolute Gasteiger partial charge is 0.405 e. The third-order valence-corrected chi connectivity index (χ3v) is 1.04. The molecule has 0 unspecified atom stereocenters. The first kappa shape index (κ1) is 9.21. The smallest absolute Gasteiger partial charge is 0.0415 e. The molecule has 0 saturated heterocycles. The predicted molar refractivity (Wildman–Crippen MR) is 46.1 cm³/mol. The maximum absolute atomic E-state index is 5.17. The van der Waals surface area contributed by atoms with Gasteiger partial charge in [0.25, 0.3) is 0 Å². The number of rotatable bonds is 3. The molecular formula is C8H16N2. The highest BCUT2D eigenvalue weighted by Gasteiger charge is 1.88. The van der Waals surface area contributed by atoms with Crippen molar-refractivity contribution in [3.63, 3.8) is 0 Å². The lowest BCUT2D eigenvalue weighted by Gasteiger charge is -1.97. The van der Waals surface area contributed by atoms with Crippen molar-refractivity contribution in [2.75, 3.05) is 6.54 Å². The fourth-order valence-corrected chi connectivity index (χ4v) is 0.519. The second-order valence-corrected chi connectivity index (χ2v) is 2.74. The zero-order valence-electron chi connectivity index (χ0n) is 6.96. The Morgan fingerprint density at radius 3 is 2.60 bits per heavy atom. The molecule has 0 atom stereocenters. The molecule has 0 spiro atoms. The van der Waals surface area contributed by atoms with Crippen LogP contribution in [0.25, 0.3) is 0 Å². The topological polar surface area (TPSA) is 38.4 Å². The first-order valence-electron chi connectivity index (χ1n) is 3.56. The minimum atomic E-state index is 0.626. The van der Waals surface area contributed by atoms with Crippen LogP contribution in [0.4, 0.5) is 0 Å². The quantitative estimate of drug-likeness (QED) is 0.594. The molecule has 2 nitrogen and oxygen atoms in total. The van der Waals surface area contributed by atoms with Gasteiger partial charge in [-0.15, -0.1) is 0 Å². The van der Waals surface area contributed by atoms with Crippen LogP contribution in [0.3, 0.4) is 0 Å². The lowest BCUT2D eigenvalue weighted by atomic mass is 10.2. The molecule has 0 aliphatic heterocycles. The summed E-state index contributed by atoms with van der Waals surface area (Å²) in [6, 6.07) is 0. The fraction of sp³-hybridized carbons (Fsp3) is 0.625. The van der Waals surface area contributed by atoms with E-state index in [-0.39, 0.29) is 0 Å². The van der Waals surface area contributed by atoms with Crippen LogP contribution in [-0.4, -0.2) is 12.3 Å². The first-order chi connectivity index (χ1) is 4.66. The molecule has 2 N–H and O–H groups in total. The van der Waals surface area contributed by atoms with Crippen LogP contribution in [0.15, 0.2) is 17.3 Å². The van der Waals surface area contributed by atoms with Crippen molar-refractivity contribution in [3.8, 4) is 0 Å². The van der Waals surface area contributed by atoms with Crippen molar-refractivity contribution >= 4 is 5.71 Å². The van der Waals surface area contributed by atoms with Crippen molar-refractivity contribution in [1.82, 2.24) is 0 Å². The van der Waals surface area contributed by atoms with Crippen molar-refractivity contribution in [3.05, 3.63) is 12.3 Å². The van der Waals surface area contributed by atoms with Crippen molar-refractivity contribution in [2.45, 2.75) is 20.8 Å². The maximum atomic E-state index is 5.17. The Kier molecular flexibility index (Phi) is 4.63. The molecule has 0 amide bonds. The molecule has 0 aromatic rings. The average molecular weight is 140 g/mol. The van der Waals surface area contributed by atoms with Gasteiger partial charge in [-0.1, -0.05) is 13.8 Å². The maximum Gasteiger partial charge on any atom is 0.0415 e. The van der Waals surface area contributed by atoms with Crippen LogP contribution >= 0.6 is 0 Å². The van der Waals surface area contributed by atoms with Gasteiger partial charge in [0.1, 0.15) is 0 Å². The third kappa shape index (κ3) is 5.35. The van der Waals surface area contributed by atoms with Gasteiger partial charge in [-0.05, 0) is 25.1 Å². The summed E-state index contributed by atoms with van der Waals surface area (Å²) in [5, 5.41) is 0. The van der Waals surface area contributed by atoms with E-state index in [0.717, 1.165) is 12.3 Å². The number of nitrogens with zero attached hydrogens (tertiary/aromatic N) is 1. The standard InChI is InChI=1S/C8H16N2/c1-7(2)6-10-8(3)4-5-9/h4-5,7H,6,9H2,1-3H3/b5-4-,10-8?. The van der Waals surface area contributed by atoms with E-state index in [1.807, 2.05) is 13.0 Å². The van der Waals surface area contributed by atoms with Gasteiger partial charge in [-0.25, -0.2) is 0 Å². The van der Waals surface area contributed by atoms with Crippen molar-refractivity contribution < 1.29 is 0 Å². The highest BCUT2D eigenvalue weighted by molar-refractivity contribution is 5.92. The Bertz CT molecular complexity index is 134. The summed E-state index contributed by atoms with van der Waals surface area (Å²) in [4.78, 5) is 4.26. The summed E-state index contributed by atoms with van der Waals surface area (Å²) >= 11 is 0. The molecule has 2 heteroatoms. The van der Waals surface area contributed by atoms with Crippen molar-refractivity contribution in [2.24, 2.45) is 16.6 Å². The molecular weight excluding hydrogens is 124 g/mol. The molecule has 10 heavy (non-hydrogen) atoms. The number of allylic oxidation sites excluding steroid dienone is 1. The summed E-state index contributed by atoms with van der Waals surface area (Å²) in [5.41, 5.74) is 6.17. The molecule has 0 bridgehead atoms. The number of hydrogen-bond acceptors (Lipinski definition) is 2. The molecule has 0 radical (unpaired) electrons. The van der Waals surface area contributed by atoms with Gasteiger partial charge in [0, 0.05) is 12.3 Å².